The number of hydrogen-bond acceptors (Lipinski definition) is 3. The van der Waals surface area contributed by atoms with Crippen LogP contribution in [0.2, 0.25) is 0 Å². The van der Waals surface area contributed by atoms with Crippen molar-refractivity contribution in [1.29, 1.82) is 0 Å². The highest BCUT2D eigenvalue weighted by molar-refractivity contribution is 7.89. The Bertz CT molecular complexity index is 559. The third kappa shape index (κ3) is 4.50. The standard InChI is InChI=1S/C13H17F2NO3S/c14-11-4-5-13(12(15)8-11)20(17,18)16-6-1-7-19-9-10-2-3-10/h4-5,8,10,16H,1-3,6-7,9H2. The third-order valence-corrected chi connectivity index (χ3v) is 4.49. The van der Waals surface area contributed by atoms with Crippen LogP contribution in [-0.2, 0) is 14.8 Å². The summed E-state index contributed by atoms with van der Waals surface area (Å²) in [7, 11) is -3.95. The summed E-state index contributed by atoms with van der Waals surface area (Å²) >= 11 is 0. The van der Waals surface area contributed by atoms with Gasteiger partial charge in [0, 0.05) is 25.8 Å². The smallest absolute Gasteiger partial charge is 0.243 e. The molecule has 0 atom stereocenters. The van der Waals surface area contributed by atoms with Gasteiger partial charge in [0.1, 0.15) is 16.5 Å². The van der Waals surface area contributed by atoms with Gasteiger partial charge >= 0.3 is 0 Å². The molecule has 0 heterocycles. The molecule has 0 unspecified atom stereocenters. The Labute approximate surface area is 117 Å². The number of sulfonamides is 1. The Morgan fingerprint density at radius 2 is 2.05 bits per heavy atom. The van der Waals surface area contributed by atoms with Gasteiger partial charge in [0.15, 0.2) is 0 Å². The lowest BCUT2D eigenvalue weighted by molar-refractivity contribution is 0.123. The van der Waals surface area contributed by atoms with E-state index in [9.17, 15) is 17.2 Å². The molecule has 1 aliphatic carbocycles. The largest absolute Gasteiger partial charge is 0.381 e. The van der Waals surface area contributed by atoms with E-state index in [2.05, 4.69) is 4.72 Å². The van der Waals surface area contributed by atoms with Crippen molar-refractivity contribution >= 4 is 10.0 Å². The van der Waals surface area contributed by atoms with E-state index in [-0.39, 0.29) is 6.54 Å². The quantitative estimate of drug-likeness (QED) is 0.748. The third-order valence-electron chi connectivity index (χ3n) is 2.99. The number of halogens is 2. The van der Waals surface area contributed by atoms with Crippen LogP contribution < -0.4 is 4.72 Å². The fraction of sp³-hybridized carbons (Fsp3) is 0.538. The first-order valence-corrected chi connectivity index (χ1v) is 8.00. The molecule has 0 spiro atoms. The van der Waals surface area contributed by atoms with Gasteiger partial charge in [-0.1, -0.05) is 0 Å². The lowest BCUT2D eigenvalue weighted by Crippen LogP contribution is -2.26. The predicted octanol–water partition coefficient (Wildman–Crippen LogP) is 2.06. The first-order valence-electron chi connectivity index (χ1n) is 6.51. The van der Waals surface area contributed by atoms with Crippen molar-refractivity contribution in [1.82, 2.24) is 4.72 Å². The molecule has 2 rings (SSSR count). The zero-order chi connectivity index (χ0) is 14.6. The molecule has 1 aromatic carbocycles. The van der Waals surface area contributed by atoms with Gasteiger partial charge < -0.3 is 4.74 Å². The van der Waals surface area contributed by atoms with Crippen LogP contribution in [0.15, 0.2) is 23.1 Å². The van der Waals surface area contributed by atoms with Gasteiger partial charge in [-0.25, -0.2) is 21.9 Å². The average molecular weight is 305 g/mol. The zero-order valence-electron chi connectivity index (χ0n) is 10.9. The second kappa shape index (κ2) is 6.60. The molecule has 1 saturated carbocycles. The SMILES string of the molecule is O=S(=O)(NCCCOCC1CC1)c1ccc(F)cc1F. The van der Waals surface area contributed by atoms with Gasteiger partial charge in [-0.15, -0.1) is 0 Å². The predicted molar refractivity (Wildman–Crippen MR) is 69.7 cm³/mol. The number of benzene rings is 1. The summed E-state index contributed by atoms with van der Waals surface area (Å²) in [6, 6.07) is 2.38. The number of hydrogen-bond donors (Lipinski definition) is 1. The molecule has 0 aromatic heterocycles. The van der Waals surface area contributed by atoms with Crippen molar-refractivity contribution in [2.75, 3.05) is 19.8 Å². The first-order chi connectivity index (χ1) is 9.49. The molecule has 1 N–H and O–H groups in total. The lowest BCUT2D eigenvalue weighted by Gasteiger charge is -2.08. The van der Waals surface area contributed by atoms with E-state index in [1.54, 1.807) is 0 Å². The molecule has 0 aliphatic heterocycles. The summed E-state index contributed by atoms with van der Waals surface area (Å²) in [4.78, 5) is -0.544. The zero-order valence-corrected chi connectivity index (χ0v) is 11.8. The fourth-order valence-electron chi connectivity index (χ4n) is 1.69. The molecule has 0 amide bonds. The molecule has 1 aliphatic rings. The average Bonchev–Trinajstić information content (AvgIpc) is 3.17. The molecule has 0 saturated heterocycles. The second-order valence-corrected chi connectivity index (χ2v) is 6.58. The van der Waals surface area contributed by atoms with Crippen LogP contribution in [0, 0.1) is 17.6 Å². The van der Waals surface area contributed by atoms with E-state index in [0.29, 0.717) is 25.0 Å². The molecule has 1 fully saturated rings. The molecular formula is C13H17F2NO3S. The minimum Gasteiger partial charge on any atom is -0.381 e. The van der Waals surface area contributed by atoms with Crippen LogP contribution in [0.5, 0.6) is 0 Å². The van der Waals surface area contributed by atoms with E-state index >= 15 is 0 Å². The van der Waals surface area contributed by atoms with Gasteiger partial charge in [-0.3, -0.25) is 0 Å². The maximum absolute atomic E-state index is 13.4. The van der Waals surface area contributed by atoms with Crippen molar-refractivity contribution < 1.29 is 21.9 Å². The summed E-state index contributed by atoms with van der Waals surface area (Å²) in [6.45, 7) is 1.34. The van der Waals surface area contributed by atoms with Crippen molar-refractivity contribution in [3.8, 4) is 0 Å². The number of rotatable bonds is 8. The van der Waals surface area contributed by atoms with Gasteiger partial charge in [0.2, 0.25) is 10.0 Å². The minimum atomic E-state index is -3.95. The summed E-state index contributed by atoms with van der Waals surface area (Å²) in [5.41, 5.74) is 0. The van der Waals surface area contributed by atoms with Gasteiger partial charge in [0.05, 0.1) is 0 Å². The van der Waals surface area contributed by atoms with Gasteiger partial charge in [-0.05, 0) is 37.3 Å². The molecule has 0 bridgehead atoms. The summed E-state index contributed by atoms with van der Waals surface area (Å²) in [5, 5.41) is 0. The minimum absolute atomic E-state index is 0.157. The lowest BCUT2D eigenvalue weighted by atomic mass is 10.3. The van der Waals surface area contributed by atoms with E-state index in [4.69, 9.17) is 4.74 Å². The first kappa shape index (κ1) is 15.3. The summed E-state index contributed by atoms with van der Waals surface area (Å²) in [6.07, 6.45) is 2.92. The number of nitrogens with one attached hydrogen (secondary N) is 1. The van der Waals surface area contributed by atoms with Crippen molar-refractivity contribution in [3.05, 3.63) is 29.8 Å². The Hall–Kier alpha value is -1.05. The van der Waals surface area contributed by atoms with Crippen LogP contribution in [0.25, 0.3) is 0 Å². The highest BCUT2D eigenvalue weighted by Gasteiger charge is 2.21. The van der Waals surface area contributed by atoms with Gasteiger partial charge in [-0.2, -0.15) is 0 Å². The Morgan fingerprint density at radius 3 is 2.70 bits per heavy atom. The Balaban J connectivity index is 1.77. The van der Waals surface area contributed by atoms with Crippen LogP contribution in [-0.4, -0.2) is 28.2 Å². The van der Waals surface area contributed by atoms with Crippen molar-refractivity contribution in [2.24, 2.45) is 5.92 Å². The van der Waals surface area contributed by atoms with Crippen LogP contribution >= 0.6 is 0 Å². The van der Waals surface area contributed by atoms with Crippen LogP contribution in [0.1, 0.15) is 19.3 Å². The molecule has 112 valence electrons. The topological polar surface area (TPSA) is 55.4 Å². The molecule has 20 heavy (non-hydrogen) atoms. The Morgan fingerprint density at radius 1 is 1.30 bits per heavy atom. The molecule has 0 radical (unpaired) electrons. The molecular weight excluding hydrogens is 288 g/mol. The maximum Gasteiger partial charge on any atom is 0.243 e. The second-order valence-electron chi connectivity index (χ2n) is 4.84. The molecule has 4 nitrogen and oxygen atoms in total. The summed E-state index contributed by atoms with van der Waals surface area (Å²) in [5.74, 6) is -1.24. The van der Waals surface area contributed by atoms with E-state index in [1.165, 1.54) is 12.8 Å². The highest BCUT2D eigenvalue weighted by atomic mass is 32.2. The molecule has 7 heteroatoms. The van der Waals surface area contributed by atoms with Crippen molar-refractivity contribution in [3.63, 3.8) is 0 Å². The molecule has 1 aromatic rings. The summed E-state index contributed by atoms with van der Waals surface area (Å²) < 4.78 is 57.3. The van der Waals surface area contributed by atoms with Crippen LogP contribution in [0.3, 0.4) is 0 Å². The van der Waals surface area contributed by atoms with Crippen LogP contribution in [0.4, 0.5) is 8.78 Å². The van der Waals surface area contributed by atoms with E-state index in [0.717, 1.165) is 18.7 Å². The van der Waals surface area contributed by atoms with E-state index < -0.39 is 26.6 Å². The van der Waals surface area contributed by atoms with Crippen molar-refractivity contribution in [2.45, 2.75) is 24.2 Å². The normalized spacial score (nSPS) is 15.5. The fourth-order valence-corrected chi connectivity index (χ4v) is 2.82. The highest BCUT2D eigenvalue weighted by Crippen LogP contribution is 2.28. The maximum atomic E-state index is 13.4. The Kier molecular flexibility index (Phi) is 5.06. The number of ether oxygens (including phenoxy) is 1. The van der Waals surface area contributed by atoms with E-state index in [1.807, 2.05) is 0 Å². The van der Waals surface area contributed by atoms with Gasteiger partial charge in [0.25, 0.3) is 0 Å². The monoisotopic (exact) mass is 305 g/mol.